The second kappa shape index (κ2) is 5.64. The van der Waals surface area contributed by atoms with Gasteiger partial charge in [-0.3, -0.25) is 4.79 Å². The van der Waals surface area contributed by atoms with Crippen molar-refractivity contribution in [1.29, 1.82) is 0 Å². The standard InChI is InChI=1S/C16H23NO2/c1-16(2,15(18)19)13-10-6-7-11-14(13)17-12-8-4-3-5-9-12/h6-7,10-12,17H,3-5,8-9H2,1-2H3,(H,18,19). The van der Waals surface area contributed by atoms with Gasteiger partial charge < -0.3 is 10.4 Å². The van der Waals surface area contributed by atoms with E-state index in [1.807, 2.05) is 24.3 Å². The van der Waals surface area contributed by atoms with E-state index in [0.29, 0.717) is 6.04 Å². The lowest BCUT2D eigenvalue weighted by molar-refractivity contribution is -0.142. The lowest BCUT2D eigenvalue weighted by atomic mass is 9.83. The second-order valence-electron chi connectivity index (χ2n) is 5.96. The van der Waals surface area contributed by atoms with Crippen LogP contribution in [0.1, 0.15) is 51.5 Å². The Balaban J connectivity index is 2.23. The Labute approximate surface area is 115 Å². The first-order chi connectivity index (χ1) is 9.01. The molecule has 3 heteroatoms. The number of rotatable bonds is 4. The molecule has 1 aliphatic carbocycles. The molecule has 0 unspecified atom stereocenters. The maximum Gasteiger partial charge on any atom is 0.313 e. The Bertz CT molecular complexity index is 448. The van der Waals surface area contributed by atoms with Crippen molar-refractivity contribution < 1.29 is 9.90 Å². The van der Waals surface area contributed by atoms with Crippen LogP contribution in [-0.2, 0) is 10.2 Å². The van der Waals surface area contributed by atoms with Gasteiger partial charge in [0.15, 0.2) is 0 Å². The Morgan fingerprint density at radius 3 is 2.47 bits per heavy atom. The fourth-order valence-electron chi connectivity index (χ4n) is 2.74. The van der Waals surface area contributed by atoms with Crippen LogP contribution in [-0.4, -0.2) is 17.1 Å². The molecule has 0 spiro atoms. The number of carboxylic acid groups (broad SMARTS) is 1. The second-order valence-corrected chi connectivity index (χ2v) is 5.96. The van der Waals surface area contributed by atoms with Crippen molar-refractivity contribution in [2.24, 2.45) is 0 Å². The molecule has 19 heavy (non-hydrogen) atoms. The predicted molar refractivity (Wildman–Crippen MR) is 77.6 cm³/mol. The third-order valence-electron chi connectivity index (χ3n) is 4.10. The van der Waals surface area contributed by atoms with E-state index in [9.17, 15) is 9.90 Å². The van der Waals surface area contributed by atoms with E-state index >= 15 is 0 Å². The minimum atomic E-state index is -0.863. The minimum absolute atomic E-state index is 0.486. The highest BCUT2D eigenvalue weighted by Crippen LogP contribution is 2.32. The highest BCUT2D eigenvalue weighted by atomic mass is 16.4. The molecule has 2 rings (SSSR count). The highest BCUT2D eigenvalue weighted by Gasteiger charge is 2.32. The van der Waals surface area contributed by atoms with Crippen LogP contribution in [0.2, 0.25) is 0 Å². The molecule has 1 aromatic carbocycles. The number of hydrogen-bond acceptors (Lipinski definition) is 2. The molecule has 0 aliphatic heterocycles. The Morgan fingerprint density at radius 1 is 1.21 bits per heavy atom. The molecular formula is C16H23NO2. The molecule has 0 atom stereocenters. The van der Waals surface area contributed by atoms with Gasteiger partial charge in [0.25, 0.3) is 0 Å². The van der Waals surface area contributed by atoms with Crippen LogP contribution in [0.25, 0.3) is 0 Å². The summed E-state index contributed by atoms with van der Waals surface area (Å²) < 4.78 is 0. The van der Waals surface area contributed by atoms with Gasteiger partial charge in [-0.15, -0.1) is 0 Å². The summed E-state index contributed by atoms with van der Waals surface area (Å²) >= 11 is 0. The van der Waals surface area contributed by atoms with Crippen LogP contribution in [0.15, 0.2) is 24.3 Å². The number of aliphatic carboxylic acids is 1. The minimum Gasteiger partial charge on any atom is -0.481 e. The van der Waals surface area contributed by atoms with Gasteiger partial charge in [-0.2, -0.15) is 0 Å². The van der Waals surface area contributed by atoms with Gasteiger partial charge in [-0.25, -0.2) is 0 Å². The van der Waals surface area contributed by atoms with Crippen LogP contribution >= 0.6 is 0 Å². The molecule has 0 saturated heterocycles. The molecule has 1 saturated carbocycles. The van der Waals surface area contributed by atoms with E-state index in [0.717, 1.165) is 11.3 Å². The summed E-state index contributed by atoms with van der Waals surface area (Å²) in [4.78, 5) is 11.4. The van der Waals surface area contributed by atoms with E-state index in [2.05, 4.69) is 5.32 Å². The number of carboxylic acids is 1. The van der Waals surface area contributed by atoms with Crippen molar-refractivity contribution in [2.45, 2.75) is 57.4 Å². The maximum absolute atomic E-state index is 11.4. The summed E-state index contributed by atoms with van der Waals surface area (Å²) in [6.45, 7) is 3.52. The zero-order valence-corrected chi connectivity index (χ0v) is 11.8. The van der Waals surface area contributed by atoms with Gasteiger partial charge in [0.1, 0.15) is 0 Å². The van der Waals surface area contributed by atoms with E-state index in [-0.39, 0.29) is 0 Å². The number of para-hydroxylation sites is 1. The summed E-state index contributed by atoms with van der Waals surface area (Å²) in [6.07, 6.45) is 6.22. The first-order valence-corrected chi connectivity index (χ1v) is 7.11. The van der Waals surface area contributed by atoms with Crippen LogP contribution in [0.5, 0.6) is 0 Å². The topological polar surface area (TPSA) is 49.3 Å². The first kappa shape index (κ1) is 13.9. The molecule has 104 valence electrons. The monoisotopic (exact) mass is 261 g/mol. The third-order valence-corrected chi connectivity index (χ3v) is 4.10. The summed E-state index contributed by atoms with van der Waals surface area (Å²) in [5, 5.41) is 12.9. The van der Waals surface area contributed by atoms with Gasteiger partial charge in [0, 0.05) is 11.7 Å². The average Bonchev–Trinajstić information content (AvgIpc) is 2.40. The molecule has 3 nitrogen and oxygen atoms in total. The molecule has 1 aromatic rings. The zero-order valence-electron chi connectivity index (χ0n) is 11.8. The number of nitrogens with one attached hydrogen (secondary N) is 1. The zero-order chi connectivity index (χ0) is 13.9. The van der Waals surface area contributed by atoms with Crippen LogP contribution in [0, 0.1) is 0 Å². The van der Waals surface area contributed by atoms with Gasteiger partial charge in [-0.05, 0) is 38.3 Å². The van der Waals surface area contributed by atoms with Crippen LogP contribution in [0.4, 0.5) is 5.69 Å². The quantitative estimate of drug-likeness (QED) is 0.867. The largest absolute Gasteiger partial charge is 0.481 e. The van der Waals surface area contributed by atoms with Crippen LogP contribution in [0.3, 0.4) is 0 Å². The lowest BCUT2D eigenvalue weighted by Gasteiger charge is -2.28. The molecular weight excluding hydrogens is 238 g/mol. The summed E-state index contributed by atoms with van der Waals surface area (Å²) in [6, 6.07) is 8.27. The molecule has 0 bridgehead atoms. The molecule has 2 N–H and O–H groups in total. The van der Waals surface area contributed by atoms with Crippen molar-refractivity contribution in [2.75, 3.05) is 5.32 Å². The van der Waals surface area contributed by atoms with Crippen molar-refractivity contribution in [3.63, 3.8) is 0 Å². The number of carbonyl (C=O) groups is 1. The van der Waals surface area contributed by atoms with E-state index < -0.39 is 11.4 Å². The molecule has 1 fully saturated rings. The normalized spacial score (nSPS) is 17.2. The molecule has 1 aliphatic rings. The Hall–Kier alpha value is -1.51. The summed E-state index contributed by atoms with van der Waals surface area (Å²) in [5.41, 5.74) is 0.980. The number of benzene rings is 1. The highest BCUT2D eigenvalue weighted by molar-refractivity contribution is 5.83. The third kappa shape index (κ3) is 3.09. The fraction of sp³-hybridized carbons (Fsp3) is 0.562. The van der Waals surface area contributed by atoms with Crippen molar-refractivity contribution >= 4 is 11.7 Å². The smallest absolute Gasteiger partial charge is 0.313 e. The van der Waals surface area contributed by atoms with Crippen molar-refractivity contribution in [1.82, 2.24) is 0 Å². The summed E-state index contributed by atoms with van der Waals surface area (Å²) in [5.74, 6) is -0.787. The SMILES string of the molecule is CC(C)(C(=O)O)c1ccccc1NC1CCCCC1. The molecule has 0 amide bonds. The molecule has 0 heterocycles. The summed E-state index contributed by atoms with van der Waals surface area (Å²) in [7, 11) is 0. The van der Waals surface area contributed by atoms with Crippen LogP contribution < -0.4 is 5.32 Å². The fourth-order valence-corrected chi connectivity index (χ4v) is 2.74. The van der Waals surface area contributed by atoms with Gasteiger partial charge in [0.05, 0.1) is 5.41 Å². The van der Waals surface area contributed by atoms with Gasteiger partial charge in [-0.1, -0.05) is 37.5 Å². The number of anilines is 1. The predicted octanol–water partition coefficient (Wildman–Crippen LogP) is 3.79. The first-order valence-electron chi connectivity index (χ1n) is 7.11. The van der Waals surface area contributed by atoms with E-state index in [4.69, 9.17) is 0 Å². The maximum atomic E-state index is 11.4. The van der Waals surface area contributed by atoms with Crippen molar-refractivity contribution in [3.8, 4) is 0 Å². The molecule has 0 radical (unpaired) electrons. The average molecular weight is 261 g/mol. The number of hydrogen-bond donors (Lipinski definition) is 2. The Kier molecular flexibility index (Phi) is 4.13. The van der Waals surface area contributed by atoms with Gasteiger partial charge in [0.2, 0.25) is 0 Å². The molecule has 0 aromatic heterocycles. The van der Waals surface area contributed by atoms with E-state index in [1.54, 1.807) is 13.8 Å². The van der Waals surface area contributed by atoms with Gasteiger partial charge >= 0.3 is 5.97 Å². The van der Waals surface area contributed by atoms with E-state index in [1.165, 1.54) is 32.1 Å². The Morgan fingerprint density at radius 2 is 1.84 bits per heavy atom. The van der Waals surface area contributed by atoms with Crippen molar-refractivity contribution in [3.05, 3.63) is 29.8 Å². The lowest BCUT2D eigenvalue weighted by Crippen LogP contribution is -2.31.